The Kier molecular flexibility index (Phi) is 5.48. The summed E-state index contributed by atoms with van der Waals surface area (Å²) >= 11 is 6.19. The minimum absolute atomic E-state index is 0.635. The zero-order chi connectivity index (χ0) is 12.9. The third kappa shape index (κ3) is 5.10. The molecule has 1 unspecified atom stereocenters. The van der Waals surface area contributed by atoms with Crippen LogP contribution < -0.4 is 0 Å². The fourth-order valence-electron chi connectivity index (χ4n) is 2.05. The van der Waals surface area contributed by atoms with Gasteiger partial charge in [0.25, 0.3) is 0 Å². The zero-order valence-electron chi connectivity index (χ0n) is 11.1. The number of benzene rings is 1. The van der Waals surface area contributed by atoms with E-state index in [4.69, 9.17) is 11.6 Å². The molecule has 1 aromatic rings. The van der Waals surface area contributed by atoms with Gasteiger partial charge in [0, 0.05) is 11.4 Å². The van der Waals surface area contributed by atoms with Crippen molar-refractivity contribution in [1.29, 1.82) is 0 Å². The first-order valence-corrected chi connectivity index (χ1v) is 6.80. The Bertz CT molecular complexity index is 358. The van der Waals surface area contributed by atoms with E-state index in [1.54, 1.807) is 0 Å². The molecule has 0 fully saturated rings. The zero-order valence-corrected chi connectivity index (χ0v) is 11.8. The Morgan fingerprint density at radius 2 is 2.00 bits per heavy atom. The number of rotatable bonds is 6. The van der Waals surface area contributed by atoms with Crippen LogP contribution in [0.3, 0.4) is 0 Å². The maximum Gasteiger partial charge on any atom is 0.0660 e. The highest BCUT2D eigenvalue weighted by Gasteiger charge is 2.21. The molecule has 1 rings (SSSR count). The summed E-state index contributed by atoms with van der Waals surface area (Å²) in [7, 11) is 0. The van der Waals surface area contributed by atoms with Crippen LogP contribution in [0.2, 0.25) is 5.02 Å². The van der Waals surface area contributed by atoms with Gasteiger partial charge >= 0.3 is 0 Å². The van der Waals surface area contributed by atoms with Crippen molar-refractivity contribution in [3.05, 3.63) is 34.3 Å². The molecule has 0 bridgehead atoms. The third-order valence-electron chi connectivity index (χ3n) is 3.10. The minimum Gasteiger partial charge on any atom is -0.390 e. The van der Waals surface area contributed by atoms with E-state index in [2.05, 4.69) is 6.92 Å². The van der Waals surface area contributed by atoms with Crippen LogP contribution in [-0.4, -0.2) is 10.7 Å². The summed E-state index contributed by atoms with van der Waals surface area (Å²) in [6.45, 7) is 6.10. The molecular weight excluding hydrogens is 232 g/mol. The molecule has 0 aliphatic heterocycles. The third-order valence-corrected chi connectivity index (χ3v) is 3.45. The van der Waals surface area contributed by atoms with E-state index in [9.17, 15) is 5.11 Å². The van der Waals surface area contributed by atoms with Gasteiger partial charge in [0.05, 0.1) is 5.60 Å². The van der Waals surface area contributed by atoms with Crippen molar-refractivity contribution in [2.45, 2.75) is 58.5 Å². The van der Waals surface area contributed by atoms with Crippen LogP contribution in [0, 0.1) is 6.92 Å². The second-order valence-corrected chi connectivity index (χ2v) is 5.63. The molecule has 0 aliphatic carbocycles. The number of hydrogen-bond acceptors (Lipinski definition) is 1. The summed E-state index contributed by atoms with van der Waals surface area (Å²) in [6.07, 6.45) is 4.91. The second kappa shape index (κ2) is 6.42. The summed E-state index contributed by atoms with van der Waals surface area (Å²) in [6, 6.07) is 6.02. The molecule has 0 spiro atoms. The van der Waals surface area contributed by atoms with Gasteiger partial charge in [-0.3, -0.25) is 0 Å². The van der Waals surface area contributed by atoms with E-state index in [-0.39, 0.29) is 0 Å². The summed E-state index contributed by atoms with van der Waals surface area (Å²) < 4.78 is 0. The Labute approximate surface area is 110 Å². The van der Waals surface area contributed by atoms with Crippen molar-refractivity contribution < 1.29 is 5.11 Å². The maximum atomic E-state index is 10.3. The molecule has 0 aliphatic rings. The van der Waals surface area contributed by atoms with Crippen LogP contribution in [-0.2, 0) is 6.42 Å². The van der Waals surface area contributed by atoms with Crippen LogP contribution in [0.5, 0.6) is 0 Å². The van der Waals surface area contributed by atoms with Crippen LogP contribution in [0.15, 0.2) is 18.2 Å². The normalized spacial score (nSPS) is 14.6. The average Bonchev–Trinajstić information content (AvgIpc) is 2.22. The highest BCUT2D eigenvalue weighted by molar-refractivity contribution is 6.31. The maximum absolute atomic E-state index is 10.3. The lowest BCUT2D eigenvalue weighted by molar-refractivity contribution is 0.0486. The lowest BCUT2D eigenvalue weighted by Gasteiger charge is -2.24. The van der Waals surface area contributed by atoms with Crippen molar-refractivity contribution in [1.82, 2.24) is 0 Å². The summed E-state index contributed by atoms with van der Waals surface area (Å²) in [5, 5.41) is 11.1. The molecule has 17 heavy (non-hydrogen) atoms. The Morgan fingerprint density at radius 3 is 2.59 bits per heavy atom. The molecule has 0 aromatic heterocycles. The molecule has 0 saturated heterocycles. The molecule has 0 saturated carbocycles. The van der Waals surface area contributed by atoms with Gasteiger partial charge in [0.1, 0.15) is 0 Å². The number of hydrogen-bond donors (Lipinski definition) is 1. The van der Waals surface area contributed by atoms with Gasteiger partial charge in [0.15, 0.2) is 0 Å². The van der Waals surface area contributed by atoms with E-state index in [0.717, 1.165) is 29.0 Å². The van der Waals surface area contributed by atoms with Gasteiger partial charge in [-0.25, -0.2) is 0 Å². The van der Waals surface area contributed by atoms with E-state index >= 15 is 0 Å². The van der Waals surface area contributed by atoms with Crippen molar-refractivity contribution in [3.63, 3.8) is 0 Å². The Balaban J connectivity index is 2.62. The van der Waals surface area contributed by atoms with Gasteiger partial charge in [-0.05, 0) is 37.5 Å². The predicted octanol–water partition coefficient (Wildman–Crippen LogP) is 4.52. The molecule has 1 atom stereocenters. The predicted molar refractivity (Wildman–Crippen MR) is 74.7 cm³/mol. The molecule has 0 heterocycles. The molecule has 1 nitrogen and oxygen atoms in total. The fourth-order valence-corrected chi connectivity index (χ4v) is 2.35. The molecular formula is C15H23ClO. The van der Waals surface area contributed by atoms with Crippen molar-refractivity contribution in [2.24, 2.45) is 0 Å². The highest BCUT2D eigenvalue weighted by Crippen LogP contribution is 2.25. The van der Waals surface area contributed by atoms with E-state index in [1.807, 2.05) is 32.0 Å². The van der Waals surface area contributed by atoms with Gasteiger partial charge in [-0.2, -0.15) is 0 Å². The van der Waals surface area contributed by atoms with Gasteiger partial charge in [-0.15, -0.1) is 0 Å². The van der Waals surface area contributed by atoms with E-state index in [1.165, 1.54) is 12.8 Å². The number of unbranched alkanes of at least 4 members (excludes halogenated alkanes) is 2. The Hall–Kier alpha value is -0.530. The second-order valence-electron chi connectivity index (χ2n) is 5.23. The number of aryl methyl sites for hydroxylation is 1. The van der Waals surface area contributed by atoms with Crippen molar-refractivity contribution in [2.75, 3.05) is 0 Å². The largest absolute Gasteiger partial charge is 0.390 e. The Morgan fingerprint density at radius 1 is 1.29 bits per heavy atom. The minimum atomic E-state index is -0.645. The number of halogens is 1. The van der Waals surface area contributed by atoms with Gasteiger partial charge in [0.2, 0.25) is 0 Å². The highest BCUT2D eigenvalue weighted by atomic mass is 35.5. The smallest absolute Gasteiger partial charge is 0.0660 e. The quantitative estimate of drug-likeness (QED) is 0.740. The first kappa shape index (κ1) is 14.5. The first-order valence-electron chi connectivity index (χ1n) is 6.42. The fraction of sp³-hybridized carbons (Fsp3) is 0.600. The standard InChI is InChI=1S/C15H23ClO/c1-4-5-6-9-15(3,17)11-13-8-7-12(2)10-14(13)16/h7-8,10,17H,4-6,9,11H2,1-3H3. The summed E-state index contributed by atoms with van der Waals surface area (Å²) in [5.74, 6) is 0. The van der Waals surface area contributed by atoms with Crippen LogP contribution >= 0.6 is 11.6 Å². The van der Waals surface area contributed by atoms with Crippen molar-refractivity contribution >= 4 is 11.6 Å². The van der Waals surface area contributed by atoms with Crippen LogP contribution in [0.4, 0.5) is 0 Å². The average molecular weight is 255 g/mol. The monoisotopic (exact) mass is 254 g/mol. The molecule has 1 N–H and O–H groups in total. The number of aliphatic hydroxyl groups is 1. The van der Waals surface area contributed by atoms with E-state index < -0.39 is 5.60 Å². The van der Waals surface area contributed by atoms with Gasteiger partial charge in [-0.1, -0.05) is 49.9 Å². The van der Waals surface area contributed by atoms with Crippen LogP contribution in [0.25, 0.3) is 0 Å². The molecule has 1 aromatic carbocycles. The first-order chi connectivity index (χ1) is 7.94. The lowest BCUT2D eigenvalue weighted by Crippen LogP contribution is -2.27. The lowest BCUT2D eigenvalue weighted by atomic mass is 9.90. The van der Waals surface area contributed by atoms with Gasteiger partial charge < -0.3 is 5.11 Å². The molecule has 2 heteroatoms. The van der Waals surface area contributed by atoms with E-state index in [0.29, 0.717) is 6.42 Å². The molecule has 0 amide bonds. The molecule has 96 valence electrons. The van der Waals surface area contributed by atoms with Crippen molar-refractivity contribution in [3.8, 4) is 0 Å². The molecule has 0 radical (unpaired) electrons. The SMILES string of the molecule is CCCCCC(C)(O)Cc1ccc(C)cc1Cl. The topological polar surface area (TPSA) is 20.2 Å². The van der Waals surface area contributed by atoms with Crippen LogP contribution in [0.1, 0.15) is 50.7 Å². The summed E-state index contributed by atoms with van der Waals surface area (Å²) in [5.41, 5.74) is 1.55. The summed E-state index contributed by atoms with van der Waals surface area (Å²) in [4.78, 5) is 0.